The topological polar surface area (TPSA) is 42.7 Å². The lowest BCUT2D eigenvalue weighted by atomic mass is 9.85. The number of aromatic nitrogens is 3. The van der Waals surface area contributed by atoms with Crippen LogP contribution in [-0.2, 0) is 12.0 Å². The molecule has 0 saturated heterocycles. The first-order valence-electron chi connectivity index (χ1n) is 7.15. The number of benzene rings is 1. The van der Waals surface area contributed by atoms with Crippen molar-refractivity contribution in [2.24, 2.45) is 0 Å². The molecule has 0 aliphatic heterocycles. The molecule has 1 aromatic heterocycles. The highest BCUT2D eigenvalue weighted by Crippen LogP contribution is 2.21. The Kier molecular flexibility index (Phi) is 4.55. The molecule has 0 saturated carbocycles. The van der Waals surface area contributed by atoms with E-state index in [2.05, 4.69) is 73.4 Å². The Morgan fingerprint density at radius 3 is 2.55 bits per heavy atom. The summed E-state index contributed by atoms with van der Waals surface area (Å²) in [6.45, 7) is 10.4. The number of nitrogens with zero attached hydrogens (tertiary/aromatic N) is 3. The summed E-state index contributed by atoms with van der Waals surface area (Å²) in [5.74, 6) is 0.990. The summed E-state index contributed by atoms with van der Waals surface area (Å²) in [5, 5.41) is 7.75. The van der Waals surface area contributed by atoms with Gasteiger partial charge in [-0.25, -0.2) is 9.67 Å². The number of hydrogen-bond donors (Lipinski definition) is 1. The van der Waals surface area contributed by atoms with Gasteiger partial charge in [-0.1, -0.05) is 44.2 Å². The average molecular weight is 272 g/mol. The van der Waals surface area contributed by atoms with Gasteiger partial charge in [-0.3, -0.25) is 0 Å². The van der Waals surface area contributed by atoms with Crippen LogP contribution in [0.3, 0.4) is 0 Å². The van der Waals surface area contributed by atoms with E-state index in [0.717, 1.165) is 18.9 Å². The van der Waals surface area contributed by atoms with Crippen molar-refractivity contribution in [1.82, 2.24) is 20.1 Å². The summed E-state index contributed by atoms with van der Waals surface area (Å²) in [6.07, 6.45) is 1.62. The number of nitrogens with one attached hydrogen (secondary N) is 1. The van der Waals surface area contributed by atoms with Gasteiger partial charge in [0.25, 0.3) is 0 Å². The van der Waals surface area contributed by atoms with Crippen LogP contribution in [0.2, 0.25) is 0 Å². The monoisotopic (exact) mass is 272 g/mol. The molecule has 1 heterocycles. The minimum absolute atomic E-state index is 0.101. The van der Waals surface area contributed by atoms with E-state index >= 15 is 0 Å². The molecule has 1 N–H and O–H groups in total. The minimum atomic E-state index is 0.101. The normalized spacial score (nSPS) is 12.1. The second kappa shape index (κ2) is 6.18. The number of rotatable bonds is 6. The Morgan fingerprint density at radius 2 is 1.90 bits per heavy atom. The third-order valence-electron chi connectivity index (χ3n) is 3.54. The van der Waals surface area contributed by atoms with Crippen LogP contribution in [0, 0.1) is 0 Å². The Morgan fingerprint density at radius 1 is 1.20 bits per heavy atom. The molecule has 0 spiro atoms. The van der Waals surface area contributed by atoms with Crippen LogP contribution < -0.4 is 5.32 Å². The first kappa shape index (κ1) is 14.7. The van der Waals surface area contributed by atoms with Crippen LogP contribution >= 0.6 is 0 Å². The van der Waals surface area contributed by atoms with Gasteiger partial charge in [0.2, 0.25) is 0 Å². The van der Waals surface area contributed by atoms with Crippen LogP contribution in [0.4, 0.5) is 0 Å². The van der Waals surface area contributed by atoms with Gasteiger partial charge in [-0.05, 0) is 19.4 Å². The average Bonchev–Trinajstić information content (AvgIpc) is 2.88. The van der Waals surface area contributed by atoms with Gasteiger partial charge in [-0.15, -0.1) is 0 Å². The molecule has 1 aromatic carbocycles. The van der Waals surface area contributed by atoms with Gasteiger partial charge in [0.05, 0.1) is 6.54 Å². The third-order valence-corrected chi connectivity index (χ3v) is 3.54. The van der Waals surface area contributed by atoms with Crippen molar-refractivity contribution in [2.45, 2.75) is 45.7 Å². The zero-order chi connectivity index (χ0) is 14.6. The molecule has 0 bridgehead atoms. The van der Waals surface area contributed by atoms with Crippen LogP contribution in [0.1, 0.15) is 45.1 Å². The van der Waals surface area contributed by atoms with Gasteiger partial charge in [0.15, 0.2) is 0 Å². The summed E-state index contributed by atoms with van der Waals surface area (Å²) in [6, 6.07) is 10.9. The molecule has 20 heavy (non-hydrogen) atoms. The Balaban J connectivity index is 1.94. The van der Waals surface area contributed by atoms with Crippen molar-refractivity contribution >= 4 is 0 Å². The molecule has 108 valence electrons. The molecular weight excluding hydrogens is 248 g/mol. The van der Waals surface area contributed by atoms with E-state index < -0.39 is 0 Å². The van der Waals surface area contributed by atoms with E-state index in [1.807, 2.05) is 4.68 Å². The molecule has 2 aromatic rings. The van der Waals surface area contributed by atoms with Crippen molar-refractivity contribution in [1.29, 1.82) is 0 Å². The van der Waals surface area contributed by atoms with Crippen molar-refractivity contribution < 1.29 is 0 Å². The molecule has 0 amide bonds. The van der Waals surface area contributed by atoms with Crippen molar-refractivity contribution in [3.05, 3.63) is 48.0 Å². The van der Waals surface area contributed by atoms with Gasteiger partial charge in [0, 0.05) is 18.0 Å². The Labute approximate surface area is 121 Å². The Hall–Kier alpha value is -1.68. The van der Waals surface area contributed by atoms with Crippen molar-refractivity contribution in [3.8, 4) is 0 Å². The molecule has 0 unspecified atom stereocenters. The van der Waals surface area contributed by atoms with Crippen molar-refractivity contribution in [3.63, 3.8) is 0 Å². The summed E-state index contributed by atoms with van der Waals surface area (Å²) < 4.78 is 1.96. The lowest BCUT2D eigenvalue weighted by Gasteiger charge is -2.25. The largest absolute Gasteiger partial charge is 0.309 e. The summed E-state index contributed by atoms with van der Waals surface area (Å²) >= 11 is 0. The molecular formula is C16H24N4. The molecule has 0 aliphatic carbocycles. The van der Waals surface area contributed by atoms with Gasteiger partial charge in [0.1, 0.15) is 12.2 Å². The summed E-state index contributed by atoms with van der Waals surface area (Å²) in [4.78, 5) is 4.32. The van der Waals surface area contributed by atoms with E-state index in [-0.39, 0.29) is 5.41 Å². The zero-order valence-corrected chi connectivity index (χ0v) is 12.8. The fourth-order valence-electron chi connectivity index (χ4n) is 2.31. The van der Waals surface area contributed by atoms with Crippen LogP contribution in [0.25, 0.3) is 0 Å². The first-order valence-corrected chi connectivity index (χ1v) is 7.15. The predicted molar refractivity (Wildman–Crippen MR) is 81.6 cm³/mol. The second-order valence-corrected chi connectivity index (χ2v) is 6.07. The number of hydrogen-bond acceptors (Lipinski definition) is 3. The Bertz CT molecular complexity index is 528. The second-order valence-electron chi connectivity index (χ2n) is 6.07. The maximum Gasteiger partial charge on any atom is 0.141 e. The van der Waals surface area contributed by atoms with Crippen molar-refractivity contribution in [2.75, 3.05) is 6.54 Å². The molecule has 0 radical (unpaired) electrons. The molecule has 4 nitrogen and oxygen atoms in total. The fourth-order valence-corrected chi connectivity index (χ4v) is 2.31. The SMILES string of the molecule is CC(C)n1ncnc1CNCC(C)(C)c1ccccc1. The molecule has 4 heteroatoms. The first-order chi connectivity index (χ1) is 9.50. The van der Waals surface area contributed by atoms with E-state index in [0.29, 0.717) is 6.04 Å². The molecule has 0 atom stereocenters. The van der Waals surface area contributed by atoms with Gasteiger partial charge >= 0.3 is 0 Å². The summed E-state index contributed by atoms with van der Waals surface area (Å²) in [7, 11) is 0. The highest BCUT2D eigenvalue weighted by atomic mass is 15.3. The smallest absolute Gasteiger partial charge is 0.141 e. The summed E-state index contributed by atoms with van der Waals surface area (Å²) in [5.41, 5.74) is 1.45. The van der Waals surface area contributed by atoms with Gasteiger partial charge < -0.3 is 5.32 Å². The van der Waals surface area contributed by atoms with Crippen LogP contribution in [0.15, 0.2) is 36.7 Å². The highest BCUT2D eigenvalue weighted by Gasteiger charge is 2.20. The quantitative estimate of drug-likeness (QED) is 0.879. The van der Waals surface area contributed by atoms with Crippen LogP contribution in [-0.4, -0.2) is 21.3 Å². The lowest BCUT2D eigenvalue weighted by molar-refractivity contribution is 0.443. The van der Waals surface area contributed by atoms with E-state index in [1.165, 1.54) is 5.56 Å². The van der Waals surface area contributed by atoms with E-state index in [9.17, 15) is 0 Å². The maximum absolute atomic E-state index is 4.32. The maximum atomic E-state index is 4.32. The molecule has 0 fully saturated rings. The minimum Gasteiger partial charge on any atom is -0.309 e. The fraction of sp³-hybridized carbons (Fsp3) is 0.500. The van der Waals surface area contributed by atoms with Gasteiger partial charge in [-0.2, -0.15) is 5.10 Å². The lowest BCUT2D eigenvalue weighted by Crippen LogP contribution is -2.33. The van der Waals surface area contributed by atoms with E-state index in [4.69, 9.17) is 0 Å². The molecule has 2 rings (SSSR count). The third kappa shape index (κ3) is 3.45. The highest BCUT2D eigenvalue weighted by molar-refractivity contribution is 5.23. The zero-order valence-electron chi connectivity index (χ0n) is 12.8. The van der Waals surface area contributed by atoms with Crippen LogP contribution in [0.5, 0.6) is 0 Å². The predicted octanol–water partition coefficient (Wildman–Crippen LogP) is 2.93. The van der Waals surface area contributed by atoms with E-state index in [1.54, 1.807) is 6.33 Å². The standard InChI is InChI=1S/C16H24N4/c1-13(2)20-15(18-12-19-20)10-17-11-16(3,4)14-8-6-5-7-9-14/h5-9,12-13,17H,10-11H2,1-4H3. The molecule has 0 aliphatic rings.